The number of ether oxygens (including phenoxy) is 1. The number of carbonyl (C=O) groups is 1. The van der Waals surface area contributed by atoms with Gasteiger partial charge in [0.2, 0.25) is 0 Å². The van der Waals surface area contributed by atoms with Gasteiger partial charge >= 0.3 is 11.8 Å². The smallest absolute Gasteiger partial charge is 0.338 e. The summed E-state index contributed by atoms with van der Waals surface area (Å²) in [6.07, 6.45) is 1.69. The Bertz CT molecular complexity index is 838. The molecule has 0 radical (unpaired) electrons. The number of pyridine rings is 1. The molecule has 2 heterocycles. The highest BCUT2D eigenvalue weighted by molar-refractivity contribution is 5.91. The Morgan fingerprint density at radius 3 is 2.64 bits per heavy atom. The molecular weight excluding hydrogens is 280 g/mol. The van der Waals surface area contributed by atoms with Crippen LogP contribution in [-0.4, -0.2) is 17.0 Å². The van der Waals surface area contributed by atoms with Crippen molar-refractivity contribution in [2.75, 3.05) is 6.61 Å². The molecule has 0 saturated heterocycles. The Hall–Kier alpha value is -2.95. The van der Waals surface area contributed by atoms with Crippen molar-refractivity contribution in [3.8, 4) is 11.1 Å². The van der Waals surface area contributed by atoms with Crippen molar-refractivity contribution in [3.63, 3.8) is 0 Å². The first-order valence-electron chi connectivity index (χ1n) is 7.00. The van der Waals surface area contributed by atoms with Gasteiger partial charge in [0.1, 0.15) is 5.52 Å². The first-order valence-corrected chi connectivity index (χ1v) is 7.00. The van der Waals surface area contributed by atoms with E-state index in [2.05, 4.69) is 0 Å². The standard InChI is InChI=1S/C17H14N2O3/c1-2-22-17(20)13-8-9-19-14(10-13)11-15(16(19)18-21)12-6-4-3-5-7-12/h3-11H,2H2,1H3/p+1. The minimum Gasteiger partial charge on any atom is -0.462 e. The summed E-state index contributed by atoms with van der Waals surface area (Å²) in [6.45, 7) is 2.09. The molecule has 5 nitrogen and oxygen atoms in total. The molecule has 1 N–H and O–H groups in total. The third-order valence-corrected chi connectivity index (χ3v) is 3.47. The number of benzene rings is 1. The second kappa shape index (κ2) is 5.81. The van der Waals surface area contributed by atoms with E-state index >= 15 is 0 Å². The minimum atomic E-state index is -0.371. The van der Waals surface area contributed by atoms with Crippen LogP contribution in [0.4, 0.5) is 5.82 Å². The number of nitrogens with one attached hydrogen (secondary N) is 1. The fourth-order valence-corrected chi connectivity index (χ4v) is 2.46. The van der Waals surface area contributed by atoms with Crippen LogP contribution in [-0.2, 0) is 4.74 Å². The minimum absolute atomic E-state index is 0.327. The highest BCUT2D eigenvalue weighted by Crippen LogP contribution is 2.29. The molecule has 5 heteroatoms. The number of fused-ring (bicyclic) bond motifs is 1. The van der Waals surface area contributed by atoms with Gasteiger partial charge in [0.25, 0.3) is 0 Å². The molecule has 0 atom stereocenters. The Balaban J connectivity index is 2.15. The van der Waals surface area contributed by atoms with E-state index in [1.54, 1.807) is 29.7 Å². The third kappa shape index (κ3) is 2.37. The number of rotatable bonds is 4. The van der Waals surface area contributed by atoms with E-state index in [4.69, 9.17) is 4.74 Å². The molecule has 0 aliphatic rings. The van der Waals surface area contributed by atoms with Crippen LogP contribution in [0.15, 0.2) is 54.7 Å². The Morgan fingerprint density at radius 2 is 1.95 bits per heavy atom. The molecule has 110 valence electrons. The van der Waals surface area contributed by atoms with E-state index in [-0.39, 0.29) is 5.97 Å². The summed E-state index contributed by atoms with van der Waals surface area (Å²) in [7, 11) is 0. The molecule has 3 rings (SSSR count). The van der Waals surface area contributed by atoms with Gasteiger partial charge in [-0.2, -0.15) is 4.40 Å². The number of aromatic nitrogens is 1. The van der Waals surface area contributed by atoms with E-state index in [9.17, 15) is 9.70 Å². The van der Waals surface area contributed by atoms with E-state index in [1.807, 2.05) is 41.6 Å². The van der Waals surface area contributed by atoms with E-state index in [0.29, 0.717) is 18.0 Å². The van der Waals surface area contributed by atoms with Gasteiger partial charge in [0.15, 0.2) is 0 Å². The lowest BCUT2D eigenvalue weighted by molar-refractivity contribution is -0.384. The predicted octanol–water partition coefficient (Wildman–Crippen LogP) is 2.26. The summed E-state index contributed by atoms with van der Waals surface area (Å²) in [5.74, 6) is 0.0701. The molecule has 3 aromatic rings. The van der Waals surface area contributed by atoms with E-state index < -0.39 is 0 Å². The van der Waals surface area contributed by atoms with Crippen molar-refractivity contribution in [1.82, 2.24) is 4.40 Å². The lowest BCUT2D eigenvalue weighted by Gasteiger charge is -2.00. The van der Waals surface area contributed by atoms with Crippen molar-refractivity contribution < 1.29 is 14.7 Å². The van der Waals surface area contributed by atoms with Crippen LogP contribution < -0.4 is 5.18 Å². The van der Waals surface area contributed by atoms with Gasteiger partial charge < -0.3 is 4.74 Å². The molecule has 1 aromatic carbocycles. The number of nitrogens with zero attached hydrogens (tertiary/aromatic N) is 1. The molecule has 0 fully saturated rings. The van der Waals surface area contributed by atoms with Crippen LogP contribution in [0.25, 0.3) is 16.6 Å². The summed E-state index contributed by atoms with van der Waals surface area (Å²) >= 11 is 0. The molecule has 0 aliphatic heterocycles. The van der Waals surface area contributed by atoms with Crippen LogP contribution >= 0.6 is 0 Å². The zero-order chi connectivity index (χ0) is 15.5. The average Bonchev–Trinajstić information content (AvgIpc) is 2.93. The maximum Gasteiger partial charge on any atom is 0.338 e. The highest BCUT2D eigenvalue weighted by atomic mass is 16.5. The summed E-state index contributed by atoms with van der Waals surface area (Å²) in [5, 5.41) is 1.99. The molecule has 0 saturated carbocycles. The van der Waals surface area contributed by atoms with Crippen molar-refractivity contribution in [1.29, 1.82) is 0 Å². The van der Waals surface area contributed by atoms with Crippen molar-refractivity contribution in [3.05, 3.63) is 65.2 Å². The SMILES string of the molecule is CCOC(=O)c1ccn2c([NH+]=O)c(-c3ccccc3)cc2c1. The Labute approximate surface area is 127 Å². The molecular formula is C17H15N2O3+. The molecule has 0 bridgehead atoms. The van der Waals surface area contributed by atoms with Crippen molar-refractivity contribution >= 4 is 17.3 Å². The summed E-state index contributed by atoms with van der Waals surface area (Å²) in [4.78, 5) is 23.2. The van der Waals surface area contributed by atoms with Gasteiger partial charge in [-0.25, -0.2) is 4.79 Å². The lowest BCUT2D eigenvalue weighted by Crippen LogP contribution is -2.57. The highest BCUT2D eigenvalue weighted by Gasteiger charge is 2.20. The molecule has 2 aromatic heterocycles. The van der Waals surface area contributed by atoms with Gasteiger partial charge in [0, 0.05) is 12.1 Å². The number of hydrogen-bond donors (Lipinski definition) is 1. The molecule has 0 aliphatic carbocycles. The summed E-state index contributed by atoms with van der Waals surface area (Å²) < 4.78 is 6.72. The van der Waals surface area contributed by atoms with Gasteiger partial charge in [-0.1, -0.05) is 35.2 Å². The topological polar surface area (TPSA) is 61.8 Å². The quantitative estimate of drug-likeness (QED) is 0.751. The van der Waals surface area contributed by atoms with Gasteiger partial charge in [0.05, 0.1) is 23.9 Å². The summed E-state index contributed by atoms with van der Waals surface area (Å²) in [5.41, 5.74) is 2.94. The number of nitroso groups, excluding NO2 is 1. The number of esters is 1. The van der Waals surface area contributed by atoms with Crippen LogP contribution in [0.5, 0.6) is 0 Å². The number of hydrogen-bond acceptors (Lipinski definition) is 3. The van der Waals surface area contributed by atoms with Gasteiger partial charge in [-0.05, 0) is 23.7 Å². The molecule has 0 unspecified atom stereocenters. The fourth-order valence-electron chi connectivity index (χ4n) is 2.46. The molecule has 0 spiro atoms. The van der Waals surface area contributed by atoms with E-state index in [1.165, 1.54) is 0 Å². The van der Waals surface area contributed by atoms with Crippen LogP contribution in [0.3, 0.4) is 0 Å². The van der Waals surface area contributed by atoms with Crippen LogP contribution in [0.2, 0.25) is 0 Å². The third-order valence-electron chi connectivity index (χ3n) is 3.47. The monoisotopic (exact) mass is 295 g/mol. The normalized spacial score (nSPS) is 10.6. The Kier molecular flexibility index (Phi) is 3.70. The predicted molar refractivity (Wildman–Crippen MR) is 82.8 cm³/mol. The lowest BCUT2D eigenvalue weighted by atomic mass is 10.1. The zero-order valence-electron chi connectivity index (χ0n) is 12.1. The first-order chi connectivity index (χ1) is 10.7. The first kappa shape index (κ1) is 14.0. The second-order valence-corrected chi connectivity index (χ2v) is 4.81. The maximum absolute atomic E-state index is 11.8. The van der Waals surface area contributed by atoms with Crippen LogP contribution in [0.1, 0.15) is 17.3 Å². The van der Waals surface area contributed by atoms with Gasteiger partial charge in [-0.3, -0.25) is 0 Å². The largest absolute Gasteiger partial charge is 0.462 e. The fraction of sp³-hybridized carbons (Fsp3) is 0.118. The van der Waals surface area contributed by atoms with Crippen molar-refractivity contribution in [2.24, 2.45) is 0 Å². The molecule has 22 heavy (non-hydrogen) atoms. The second-order valence-electron chi connectivity index (χ2n) is 4.81. The van der Waals surface area contributed by atoms with Crippen LogP contribution in [0, 0.1) is 4.91 Å². The molecule has 0 amide bonds. The Morgan fingerprint density at radius 1 is 1.18 bits per heavy atom. The number of carbonyl (C=O) groups excluding carboxylic acids is 1. The zero-order valence-corrected chi connectivity index (χ0v) is 12.1. The maximum atomic E-state index is 11.8. The van der Waals surface area contributed by atoms with Gasteiger partial charge in [-0.15, -0.1) is 0 Å². The average molecular weight is 295 g/mol. The van der Waals surface area contributed by atoms with Crippen molar-refractivity contribution in [2.45, 2.75) is 6.92 Å². The van der Waals surface area contributed by atoms with E-state index in [0.717, 1.165) is 16.6 Å². The summed E-state index contributed by atoms with van der Waals surface area (Å²) in [6, 6.07) is 14.8.